The molecule has 3 rings (SSSR count). The van der Waals surface area contributed by atoms with E-state index in [1.807, 2.05) is 0 Å². The Labute approximate surface area is 129 Å². The van der Waals surface area contributed by atoms with Gasteiger partial charge >= 0.3 is 0 Å². The van der Waals surface area contributed by atoms with Gasteiger partial charge in [0.25, 0.3) is 0 Å². The number of rotatable bonds is 2. The van der Waals surface area contributed by atoms with E-state index >= 15 is 0 Å². The van der Waals surface area contributed by atoms with Crippen LogP contribution in [0, 0.1) is 11.8 Å². The molecule has 0 bridgehead atoms. The van der Waals surface area contributed by atoms with Gasteiger partial charge in [0.15, 0.2) is 0 Å². The van der Waals surface area contributed by atoms with E-state index in [9.17, 15) is 4.79 Å². The number of halogens is 1. The van der Waals surface area contributed by atoms with Gasteiger partial charge in [-0.15, -0.1) is 12.4 Å². The van der Waals surface area contributed by atoms with Gasteiger partial charge in [-0.1, -0.05) is 19.3 Å². The Kier molecular flexibility index (Phi) is 5.74. The number of nitrogens with two attached hydrogens (primary N) is 1. The molecule has 116 valence electrons. The quantitative estimate of drug-likeness (QED) is 0.852. The molecule has 4 heteroatoms. The van der Waals surface area contributed by atoms with Crippen LogP contribution in [-0.4, -0.2) is 29.4 Å². The minimum Gasteiger partial charge on any atom is -0.339 e. The molecule has 3 aliphatic rings. The molecule has 0 unspecified atom stereocenters. The molecule has 20 heavy (non-hydrogen) atoms. The highest BCUT2D eigenvalue weighted by molar-refractivity contribution is 5.85. The standard InChI is InChI=1S/C16H28N2O.ClH/c17-14-8-3-6-13(14)11-16(19)18-10-4-7-12-5-1-2-9-15(12)18;/h12-15H,1-11,17H2;1H/t12-,13+,14-,15-;/m1./s1. The molecule has 2 N–H and O–H groups in total. The van der Waals surface area contributed by atoms with Crippen LogP contribution in [0.5, 0.6) is 0 Å². The summed E-state index contributed by atoms with van der Waals surface area (Å²) in [5.41, 5.74) is 6.12. The van der Waals surface area contributed by atoms with Gasteiger partial charge in [-0.25, -0.2) is 0 Å². The van der Waals surface area contributed by atoms with E-state index in [2.05, 4.69) is 4.90 Å². The van der Waals surface area contributed by atoms with E-state index in [1.165, 1.54) is 44.9 Å². The topological polar surface area (TPSA) is 46.3 Å². The fraction of sp³-hybridized carbons (Fsp3) is 0.938. The largest absolute Gasteiger partial charge is 0.339 e. The molecule has 0 aromatic carbocycles. The molecule has 1 saturated heterocycles. The summed E-state index contributed by atoms with van der Waals surface area (Å²) in [6.45, 7) is 1.00. The fourth-order valence-electron chi connectivity index (χ4n) is 4.59. The molecule has 2 aliphatic carbocycles. The Morgan fingerprint density at radius 3 is 2.50 bits per heavy atom. The van der Waals surface area contributed by atoms with Crippen molar-refractivity contribution < 1.29 is 4.79 Å². The van der Waals surface area contributed by atoms with Crippen LogP contribution in [0.25, 0.3) is 0 Å². The first-order valence-corrected chi connectivity index (χ1v) is 8.31. The first kappa shape index (κ1) is 16.1. The second-order valence-electron chi connectivity index (χ2n) is 6.90. The van der Waals surface area contributed by atoms with E-state index in [0.717, 1.165) is 25.3 Å². The number of nitrogens with zero attached hydrogens (tertiary/aromatic N) is 1. The van der Waals surface area contributed by atoms with Gasteiger partial charge in [0.1, 0.15) is 0 Å². The first-order valence-electron chi connectivity index (χ1n) is 8.31. The lowest BCUT2D eigenvalue weighted by Gasteiger charge is -2.44. The van der Waals surface area contributed by atoms with Gasteiger partial charge in [0, 0.05) is 25.0 Å². The molecule has 1 amide bonds. The molecule has 1 heterocycles. The van der Waals surface area contributed by atoms with Gasteiger partial charge in [0.2, 0.25) is 5.91 Å². The second kappa shape index (κ2) is 7.13. The molecule has 0 radical (unpaired) electrons. The van der Waals surface area contributed by atoms with E-state index in [4.69, 9.17) is 5.73 Å². The second-order valence-corrected chi connectivity index (χ2v) is 6.90. The van der Waals surface area contributed by atoms with Crippen LogP contribution in [0.15, 0.2) is 0 Å². The average molecular weight is 301 g/mol. The van der Waals surface area contributed by atoms with Crippen LogP contribution in [-0.2, 0) is 4.79 Å². The van der Waals surface area contributed by atoms with Crippen molar-refractivity contribution in [2.45, 2.75) is 76.3 Å². The smallest absolute Gasteiger partial charge is 0.223 e. The molecule has 1 aliphatic heterocycles. The van der Waals surface area contributed by atoms with Crippen molar-refractivity contribution in [3.8, 4) is 0 Å². The Bertz CT molecular complexity index is 334. The zero-order chi connectivity index (χ0) is 13.2. The lowest BCUT2D eigenvalue weighted by atomic mass is 9.78. The van der Waals surface area contributed by atoms with Crippen LogP contribution in [0.2, 0.25) is 0 Å². The number of piperidine rings is 1. The summed E-state index contributed by atoms with van der Waals surface area (Å²) in [5.74, 6) is 1.65. The lowest BCUT2D eigenvalue weighted by molar-refractivity contribution is -0.138. The highest BCUT2D eigenvalue weighted by atomic mass is 35.5. The summed E-state index contributed by atoms with van der Waals surface area (Å²) < 4.78 is 0. The maximum Gasteiger partial charge on any atom is 0.223 e. The van der Waals surface area contributed by atoms with Crippen LogP contribution in [0.3, 0.4) is 0 Å². The summed E-state index contributed by atoms with van der Waals surface area (Å²) >= 11 is 0. The molecule has 0 aromatic rings. The van der Waals surface area contributed by atoms with Crippen LogP contribution >= 0.6 is 12.4 Å². The van der Waals surface area contributed by atoms with Crippen molar-refractivity contribution in [3.63, 3.8) is 0 Å². The highest BCUT2D eigenvalue weighted by Crippen LogP contribution is 2.36. The average Bonchev–Trinajstić information content (AvgIpc) is 2.83. The van der Waals surface area contributed by atoms with Gasteiger partial charge in [0.05, 0.1) is 0 Å². The number of hydrogen-bond donors (Lipinski definition) is 1. The molecule has 3 fully saturated rings. The summed E-state index contributed by atoms with van der Waals surface area (Å²) in [6.07, 6.45) is 12.0. The van der Waals surface area contributed by atoms with Crippen LogP contribution < -0.4 is 5.73 Å². The fourth-order valence-corrected chi connectivity index (χ4v) is 4.59. The van der Waals surface area contributed by atoms with Crippen molar-refractivity contribution in [3.05, 3.63) is 0 Å². The summed E-state index contributed by atoms with van der Waals surface area (Å²) in [6, 6.07) is 0.837. The van der Waals surface area contributed by atoms with Crippen molar-refractivity contribution >= 4 is 18.3 Å². The SMILES string of the molecule is Cl.N[C@@H]1CCC[C@H]1CC(=O)N1CCC[C@H]2CCCC[C@H]21. The zero-order valence-corrected chi connectivity index (χ0v) is 13.2. The molecule has 2 saturated carbocycles. The van der Waals surface area contributed by atoms with Crippen LogP contribution in [0.1, 0.15) is 64.2 Å². The number of carbonyl (C=O) groups is 1. The molecule has 3 nitrogen and oxygen atoms in total. The number of amides is 1. The Hall–Kier alpha value is -0.280. The Morgan fingerprint density at radius 2 is 1.75 bits per heavy atom. The molecular formula is C16H29ClN2O. The van der Waals surface area contributed by atoms with E-state index in [0.29, 0.717) is 24.3 Å². The Morgan fingerprint density at radius 1 is 1.00 bits per heavy atom. The molecular weight excluding hydrogens is 272 g/mol. The van der Waals surface area contributed by atoms with Crippen LogP contribution in [0.4, 0.5) is 0 Å². The van der Waals surface area contributed by atoms with Gasteiger partial charge in [-0.2, -0.15) is 0 Å². The zero-order valence-electron chi connectivity index (χ0n) is 12.4. The molecule has 4 atom stereocenters. The first-order chi connectivity index (χ1) is 9.25. The third-order valence-corrected chi connectivity index (χ3v) is 5.72. The number of likely N-dealkylation sites (tertiary alicyclic amines) is 1. The Balaban J connectivity index is 0.00000147. The number of hydrogen-bond acceptors (Lipinski definition) is 2. The molecule has 0 aromatic heterocycles. The van der Waals surface area contributed by atoms with Gasteiger partial charge < -0.3 is 10.6 Å². The minimum absolute atomic E-state index is 0. The highest BCUT2D eigenvalue weighted by Gasteiger charge is 2.37. The maximum atomic E-state index is 12.6. The van der Waals surface area contributed by atoms with Gasteiger partial charge in [-0.05, 0) is 50.4 Å². The lowest BCUT2D eigenvalue weighted by Crippen LogP contribution is -2.50. The van der Waals surface area contributed by atoms with E-state index < -0.39 is 0 Å². The van der Waals surface area contributed by atoms with Crippen molar-refractivity contribution in [2.24, 2.45) is 17.6 Å². The maximum absolute atomic E-state index is 12.6. The summed E-state index contributed by atoms with van der Waals surface area (Å²) in [4.78, 5) is 14.9. The van der Waals surface area contributed by atoms with Crippen molar-refractivity contribution in [1.29, 1.82) is 0 Å². The predicted molar refractivity (Wildman–Crippen MR) is 83.9 cm³/mol. The number of fused-ring (bicyclic) bond motifs is 1. The number of carbonyl (C=O) groups excluding carboxylic acids is 1. The summed E-state index contributed by atoms with van der Waals surface area (Å²) in [7, 11) is 0. The van der Waals surface area contributed by atoms with Gasteiger partial charge in [-0.3, -0.25) is 4.79 Å². The van der Waals surface area contributed by atoms with E-state index in [-0.39, 0.29) is 18.4 Å². The van der Waals surface area contributed by atoms with Crippen molar-refractivity contribution in [2.75, 3.05) is 6.54 Å². The predicted octanol–water partition coefficient (Wildman–Crippen LogP) is 3.11. The van der Waals surface area contributed by atoms with Crippen molar-refractivity contribution in [1.82, 2.24) is 4.90 Å². The third-order valence-electron chi connectivity index (χ3n) is 5.72. The van der Waals surface area contributed by atoms with E-state index in [1.54, 1.807) is 0 Å². The monoisotopic (exact) mass is 300 g/mol. The normalized spacial score (nSPS) is 37.1. The molecule has 0 spiro atoms. The summed E-state index contributed by atoms with van der Waals surface area (Å²) in [5, 5.41) is 0. The minimum atomic E-state index is 0. The third kappa shape index (κ3) is 3.30.